The van der Waals surface area contributed by atoms with Crippen LogP contribution in [0.1, 0.15) is 137 Å². The smallest absolute Gasteiger partial charge is 0.243 e. The Morgan fingerprint density at radius 3 is 1.78 bits per heavy atom. The summed E-state index contributed by atoms with van der Waals surface area (Å²) in [5.74, 6) is -0.303. The second-order valence-electron chi connectivity index (χ2n) is 16.7. The number of carbonyl (C=O) groups is 1. The second-order valence-corrected chi connectivity index (χ2v) is 16.7. The molecular weight excluding hydrogens is 690 g/mol. The maximum atomic E-state index is 12.2. The molecule has 3 saturated heterocycles. The molecule has 3 aliphatic rings. The van der Waals surface area contributed by atoms with Crippen molar-refractivity contribution >= 4 is 5.91 Å². The first kappa shape index (κ1) is 49.0. The summed E-state index contributed by atoms with van der Waals surface area (Å²) in [6.45, 7) is 12.8. The predicted octanol–water partition coefficient (Wildman–Crippen LogP) is 7.34. The molecule has 3 heterocycles. The van der Waals surface area contributed by atoms with Gasteiger partial charge in [0.1, 0.15) is 48.8 Å². The number of aliphatic hydroxyl groups is 1. The summed E-state index contributed by atoms with van der Waals surface area (Å²) in [4.78, 5) is 12.2. The van der Waals surface area contributed by atoms with E-state index in [1.54, 1.807) is 35.5 Å². The maximum Gasteiger partial charge on any atom is 0.243 e. The van der Waals surface area contributed by atoms with E-state index >= 15 is 0 Å². The molecule has 0 aromatic rings. The highest BCUT2D eigenvalue weighted by molar-refractivity contribution is 5.86. The van der Waals surface area contributed by atoms with Crippen molar-refractivity contribution < 1.29 is 47.8 Å². The Morgan fingerprint density at radius 1 is 0.796 bits per heavy atom. The van der Waals surface area contributed by atoms with Crippen molar-refractivity contribution in [3.05, 3.63) is 12.7 Å². The molecule has 0 aromatic heterocycles. The third-order valence-electron chi connectivity index (χ3n) is 11.7. The lowest BCUT2D eigenvalue weighted by Crippen LogP contribution is -2.66. The highest BCUT2D eigenvalue weighted by atomic mass is 16.6. The molecule has 9 unspecified atom stereocenters. The topological polar surface area (TPSA) is 123 Å². The minimum absolute atomic E-state index is 0.186. The standard InChI is InChI=1S/C43H81NO10/c1-11-34(45)44-30-32(48-7)36-39(50-9)41(51-10)43(4,5)54-37-33(31-47-6)53-40(35(46)38(37)49-8)42(2,3)28-26-24-22-20-18-16-14-12-13-15-17-19-21-23-25-27-29-52-36/h11,32-33,35-41,46H,1,12-31H2,2-10H3,(H,44,45). The molecule has 11 nitrogen and oxygen atoms in total. The van der Waals surface area contributed by atoms with Crippen molar-refractivity contribution in [2.75, 3.05) is 55.3 Å². The molecule has 3 aliphatic heterocycles. The molecule has 54 heavy (non-hydrogen) atoms. The Kier molecular flexibility index (Phi) is 24.2. The van der Waals surface area contributed by atoms with Crippen molar-refractivity contribution in [3.8, 4) is 0 Å². The molecule has 3 rings (SSSR count). The number of ether oxygens (including phenoxy) is 8. The molecule has 9 atom stereocenters. The molecule has 0 saturated carbocycles. The number of fused-ring (bicyclic) bond motifs is 26. The van der Waals surface area contributed by atoms with Crippen LogP contribution in [-0.2, 0) is 42.7 Å². The fourth-order valence-corrected chi connectivity index (χ4v) is 8.49. The lowest BCUT2D eigenvalue weighted by atomic mass is 9.75. The van der Waals surface area contributed by atoms with E-state index in [4.69, 9.17) is 37.9 Å². The number of methoxy groups -OCH3 is 5. The van der Waals surface area contributed by atoms with Crippen molar-refractivity contribution in [1.82, 2.24) is 5.32 Å². The third kappa shape index (κ3) is 16.0. The van der Waals surface area contributed by atoms with Gasteiger partial charge < -0.3 is 48.3 Å². The highest BCUT2D eigenvalue weighted by Crippen LogP contribution is 2.41. The Balaban J connectivity index is 2.41. The predicted molar refractivity (Wildman–Crippen MR) is 214 cm³/mol. The van der Waals surface area contributed by atoms with Gasteiger partial charge in [-0.15, -0.1) is 0 Å². The largest absolute Gasteiger partial charge is 0.388 e. The Labute approximate surface area is 329 Å². The summed E-state index contributed by atoms with van der Waals surface area (Å²) >= 11 is 0. The zero-order valence-corrected chi connectivity index (χ0v) is 35.7. The number of hydrogen-bond acceptors (Lipinski definition) is 10. The molecule has 0 aromatic carbocycles. The SMILES string of the molecule is C=CC(=O)NCC(OC)C1OCCCCCCCCCCCCCCCCCCC(C)(C)C2OC(COC)C(OC(C)(C)C(OC)C1OC)C(OC)C2O. The van der Waals surface area contributed by atoms with Crippen molar-refractivity contribution in [2.45, 2.75) is 197 Å². The van der Waals surface area contributed by atoms with Crippen LogP contribution in [0, 0.1) is 5.41 Å². The van der Waals surface area contributed by atoms with Gasteiger partial charge in [-0.25, -0.2) is 0 Å². The summed E-state index contributed by atoms with van der Waals surface area (Å²) in [5.41, 5.74) is -1.32. The minimum atomic E-state index is -1.01. The van der Waals surface area contributed by atoms with Gasteiger partial charge in [0.25, 0.3) is 0 Å². The highest BCUT2D eigenvalue weighted by Gasteiger charge is 2.54. The van der Waals surface area contributed by atoms with Gasteiger partial charge in [-0.1, -0.05) is 117 Å². The molecular formula is C43H81NO10. The van der Waals surface area contributed by atoms with E-state index in [1.165, 1.54) is 89.5 Å². The number of aliphatic hydroxyl groups excluding tert-OH is 1. The molecule has 3 fully saturated rings. The first-order chi connectivity index (χ1) is 25.9. The Bertz CT molecular complexity index is 995. The van der Waals surface area contributed by atoms with Crippen molar-refractivity contribution in [3.63, 3.8) is 0 Å². The van der Waals surface area contributed by atoms with Gasteiger partial charge in [0, 0.05) is 48.7 Å². The number of hydrogen-bond donors (Lipinski definition) is 2. The summed E-state index contributed by atoms with van der Waals surface area (Å²) < 4.78 is 50.4. The number of rotatable bonds is 10. The van der Waals surface area contributed by atoms with Gasteiger partial charge in [-0.2, -0.15) is 0 Å². The van der Waals surface area contributed by atoms with Gasteiger partial charge in [-0.05, 0) is 38.2 Å². The summed E-state index contributed by atoms with van der Waals surface area (Å²) in [7, 11) is 8.09. The molecule has 11 heteroatoms. The quantitative estimate of drug-likeness (QED) is 0.218. The van der Waals surface area contributed by atoms with E-state index in [0.717, 1.165) is 25.7 Å². The van der Waals surface area contributed by atoms with Gasteiger partial charge in [-0.3, -0.25) is 4.79 Å². The number of amides is 1. The summed E-state index contributed by atoms with van der Waals surface area (Å²) in [5, 5.41) is 14.8. The van der Waals surface area contributed by atoms with Crippen LogP contribution in [-0.4, -0.2) is 127 Å². The monoisotopic (exact) mass is 772 g/mol. The van der Waals surface area contributed by atoms with Crippen molar-refractivity contribution in [1.29, 1.82) is 0 Å². The lowest BCUT2D eigenvalue weighted by molar-refractivity contribution is -0.302. The maximum absolute atomic E-state index is 12.2. The summed E-state index contributed by atoms with van der Waals surface area (Å²) in [6.07, 6.45) is 16.1. The third-order valence-corrected chi connectivity index (χ3v) is 11.7. The average Bonchev–Trinajstić information content (AvgIpc) is 3.14. The van der Waals surface area contributed by atoms with Crippen LogP contribution in [0.5, 0.6) is 0 Å². The van der Waals surface area contributed by atoms with Crippen LogP contribution in [0.15, 0.2) is 12.7 Å². The second kappa shape index (κ2) is 26.7. The normalized spacial score (nSPS) is 32.7. The Hall–Kier alpha value is -1.15. The van der Waals surface area contributed by atoms with E-state index < -0.39 is 60.5 Å². The first-order valence-corrected chi connectivity index (χ1v) is 21.1. The van der Waals surface area contributed by atoms with E-state index in [-0.39, 0.29) is 24.5 Å². The minimum Gasteiger partial charge on any atom is -0.388 e. The number of carbonyl (C=O) groups excluding carboxylic acids is 1. The average molecular weight is 772 g/mol. The van der Waals surface area contributed by atoms with Crippen LogP contribution in [0.2, 0.25) is 0 Å². The molecule has 0 aliphatic carbocycles. The first-order valence-electron chi connectivity index (χ1n) is 21.1. The van der Waals surface area contributed by atoms with E-state index in [0.29, 0.717) is 6.61 Å². The van der Waals surface area contributed by atoms with E-state index in [2.05, 4.69) is 25.7 Å². The molecule has 318 valence electrons. The van der Waals surface area contributed by atoms with Crippen LogP contribution in [0.3, 0.4) is 0 Å². The van der Waals surface area contributed by atoms with Gasteiger partial charge >= 0.3 is 0 Å². The van der Waals surface area contributed by atoms with Gasteiger partial charge in [0.2, 0.25) is 5.91 Å². The zero-order valence-electron chi connectivity index (χ0n) is 35.7. The van der Waals surface area contributed by atoms with Crippen LogP contribution < -0.4 is 5.32 Å². The fraction of sp³-hybridized carbons (Fsp3) is 0.930. The molecule has 2 bridgehead atoms. The van der Waals surface area contributed by atoms with Crippen molar-refractivity contribution in [2.24, 2.45) is 5.41 Å². The van der Waals surface area contributed by atoms with E-state index in [9.17, 15) is 9.90 Å². The van der Waals surface area contributed by atoms with Crippen LogP contribution in [0.25, 0.3) is 0 Å². The molecule has 0 radical (unpaired) electrons. The Morgan fingerprint density at radius 2 is 1.31 bits per heavy atom. The van der Waals surface area contributed by atoms with Crippen LogP contribution >= 0.6 is 0 Å². The zero-order chi connectivity index (χ0) is 40.0. The van der Waals surface area contributed by atoms with Gasteiger partial charge in [0.05, 0.1) is 18.3 Å². The van der Waals surface area contributed by atoms with Gasteiger partial charge in [0.15, 0.2) is 0 Å². The summed E-state index contributed by atoms with van der Waals surface area (Å²) in [6, 6.07) is 0. The molecule has 2 N–H and O–H groups in total. The van der Waals surface area contributed by atoms with E-state index in [1.807, 2.05) is 13.8 Å². The lowest BCUT2D eigenvalue weighted by Gasteiger charge is -2.52. The number of nitrogens with one attached hydrogen (secondary N) is 1. The molecule has 1 amide bonds. The molecule has 0 spiro atoms. The van der Waals surface area contributed by atoms with Crippen LogP contribution in [0.4, 0.5) is 0 Å². The fourth-order valence-electron chi connectivity index (χ4n) is 8.49.